The van der Waals surface area contributed by atoms with Gasteiger partial charge in [0.1, 0.15) is 0 Å². The largest absolute Gasteiger partial charge is 0.341 e. The highest BCUT2D eigenvalue weighted by molar-refractivity contribution is 5.82. The van der Waals surface area contributed by atoms with Gasteiger partial charge in [-0.1, -0.05) is 6.07 Å². The number of rotatable bonds is 4. The molecule has 1 aromatic heterocycles. The molecule has 1 aromatic carbocycles. The highest BCUT2D eigenvalue weighted by Gasteiger charge is 2.18. The van der Waals surface area contributed by atoms with Crippen LogP contribution in [0.1, 0.15) is 31.1 Å². The van der Waals surface area contributed by atoms with E-state index in [-0.39, 0.29) is 0 Å². The zero-order valence-electron chi connectivity index (χ0n) is 14.0. The van der Waals surface area contributed by atoms with Gasteiger partial charge in [-0.25, -0.2) is 0 Å². The lowest BCUT2D eigenvalue weighted by Crippen LogP contribution is -2.44. The molecule has 0 aliphatic carbocycles. The van der Waals surface area contributed by atoms with Crippen molar-refractivity contribution < 1.29 is 0 Å². The Labute approximate surface area is 133 Å². The summed E-state index contributed by atoms with van der Waals surface area (Å²) in [5, 5.41) is 1.32. The molecular weight excluding hydrogens is 272 g/mol. The highest BCUT2D eigenvalue weighted by atomic mass is 15.3. The molecule has 0 saturated carbocycles. The predicted octanol–water partition coefficient (Wildman–Crippen LogP) is 2.43. The smallest absolute Gasteiger partial charge is 0.0485 e. The van der Waals surface area contributed by atoms with Crippen molar-refractivity contribution in [2.75, 3.05) is 33.2 Å². The van der Waals surface area contributed by atoms with E-state index < -0.39 is 0 Å². The zero-order chi connectivity index (χ0) is 15.7. The average Bonchev–Trinajstić information content (AvgIpc) is 2.86. The Kier molecular flexibility index (Phi) is 4.52. The zero-order valence-corrected chi connectivity index (χ0v) is 14.0. The summed E-state index contributed by atoms with van der Waals surface area (Å²) in [4.78, 5) is 4.97. The number of aromatic nitrogens is 1. The molecule has 22 heavy (non-hydrogen) atoms. The molecule has 0 atom stereocenters. The molecule has 1 aliphatic rings. The fourth-order valence-corrected chi connectivity index (χ4v) is 3.44. The number of nitrogens with two attached hydrogens (primary N) is 1. The van der Waals surface area contributed by atoms with Crippen molar-refractivity contribution in [2.24, 2.45) is 5.73 Å². The topological polar surface area (TPSA) is 37.4 Å². The SMILES string of the molecule is CC(C)n1c(CN2CCN(C)CC2)cc2cc(CN)ccc21. The van der Waals surface area contributed by atoms with Gasteiger partial charge in [0, 0.05) is 61.9 Å². The molecule has 3 rings (SSSR count). The Hall–Kier alpha value is -1.36. The number of piperazine rings is 1. The monoisotopic (exact) mass is 300 g/mol. The first kappa shape index (κ1) is 15.5. The van der Waals surface area contributed by atoms with Crippen LogP contribution in [0.4, 0.5) is 0 Å². The Bertz CT molecular complexity index is 636. The van der Waals surface area contributed by atoms with E-state index in [0.717, 1.165) is 19.6 Å². The maximum Gasteiger partial charge on any atom is 0.0485 e. The van der Waals surface area contributed by atoms with Crippen molar-refractivity contribution in [3.05, 3.63) is 35.5 Å². The summed E-state index contributed by atoms with van der Waals surface area (Å²) in [7, 11) is 2.21. The molecule has 0 spiro atoms. The van der Waals surface area contributed by atoms with Gasteiger partial charge in [0.2, 0.25) is 0 Å². The van der Waals surface area contributed by atoms with E-state index in [9.17, 15) is 0 Å². The molecule has 0 unspecified atom stereocenters. The lowest BCUT2D eigenvalue weighted by Gasteiger charge is -2.32. The molecule has 0 amide bonds. The summed E-state index contributed by atoms with van der Waals surface area (Å²) < 4.78 is 2.48. The fourth-order valence-electron chi connectivity index (χ4n) is 3.44. The lowest BCUT2D eigenvalue weighted by atomic mass is 10.1. The molecule has 0 radical (unpaired) electrons. The average molecular weight is 300 g/mol. The standard InChI is InChI=1S/C18H28N4/c1-14(2)22-17(13-21-8-6-20(3)7-9-21)11-16-10-15(12-19)4-5-18(16)22/h4-5,10-11,14H,6-9,12-13,19H2,1-3H3. The van der Waals surface area contributed by atoms with Crippen LogP contribution in [-0.4, -0.2) is 47.6 Å². The molecule has 120 valence electrons. The molecule has 1 aliphatic heterocycles. The van der Waals surface area contributed by atoms with Crippen LogP contribution < -0.4 is 5.73 Å². The first-order valence-electron chi connectivity index (χ1n) is 8.32. The molecular formula is C18H28N4. The van der Waals surface area contributed by atoms with Gasteiger partial charge in [0.25, 0.3) is 0 Å². The number of fused-ring (bicyclic) bond motifs is 1. The van der Waals surface area contributed by atoms with Crippen molar-refractivity contribution in [1.82, 2.24) is 14.4 Å². The summed E-state index contributed by atoms with van der Waals surface area (Å²) in [6.07, 6.45) is 0. The van der Waals surface area contributed by atoms with E-state index in [1.807, 2.05) is 0 Å². The van der Waals surface area contributed by atoms with E-state index in [2.05, 4.69) is 59.5 Å². The minimum absolute atomic E-state index is 0.476. The van der Waals surface area contributed by atoms with Gasteiger partial charge in [-0.15, -0.1) is 0 Å². The maximum absolute atomic E-state index is 5.79. The predicted molar refractivity (Wildman–Crippen MR) is 93.0 cm³/mol. The van der Waals surface area contributed by atoms with Crippen LogP contribution in [0.15, 0.2) is 24.3 Å². The van der Waals surface area contributed by atoms with E-state index in [4.69, 9.17) is 5.73 Å². The van der Waals surface area contributed by atoms with Crippen molar-refractivity contribution >= 4 is 10.9 Å². The summed E-state index contributed by atoms with van der Waals surface area (Å²) >= 11 is 0. The molecule has 2 aromatic rings. The Balaban J connectivity index is 1.92. The van der Waals surface area contributed by atoms with Crippen LogP contribution in [0.5, 0.6) is 0 Å². The molecule has 2 heterocycles. The molecule has 2 N–H and O–H groups in total. The van der Waals surface area contributed by atoms with Crippen LogP contribution in [0, 0.1) is 0 Å². The van der Waals surface area contributed by atoms with Crippen LogP contribution in [0.2, 0.25) is 0 Å². The minimum atomic E-state index is 0.476. The Morgan fingerprint density at radius 3 is 2.45 bits per heavy atom. The summed E-state index contributed by atoms with van der Waals surface area (Å²) in [5.74, 6) is 0. The summed E-state index contributed by atoms with van der Waals surface area (Å²) in [5.41, 5.74) is 9.75. The van der Waals surface area contributed by atoms with Gasteiger partial charge in [-0.2, -0.15) is 0 Å². The third-order valence-corrected chi connectivity index (χ3v) is 4.72. The lowest BCUT2D eigenvalue weighted by molar-refractivity contribution is 0.145. The van der Waals surface area contributed by atoms with E-state index in [1.165, 1.54) is 35.2 Å². The molecule has 1 saturated heterocycles. The van der Waals surface area contributed by atoms with Crippen LogP contribution >= 0.6 is 0 Å². The molecule has 4 nitrogen and oxygen atoms in total. The second kappa shape index (κ2) is 6.41. The number of likely N-dealkylation sites (N-methyl/N-ethyl adjacent to an activating group) is 1. The van der Waals surface area contributed by atoms with Crippen LogP contribution in [0.3, 0.4) is 0 Å². The number of benzene rings is 1. The fraction of sp³-hybridized carbons (Fsp3) is 0.556. The number of hydrogen-bond donors (Lipinski definition) is 1. The number of nitrogens with zero attached hydrogens (tertiary/aromatic N) is 3. The van der Waals surface area contributed by atoms with Crippen molar-refractivity contribution in [3.63, 3.8) is 0 Å². The van der Waals surface area contributed by atoms with Crippen molar-refractivity contribution in [2.45, 2.75) is 33.0 Å². The summed E-state index contributed by atoms with van der Waals surface area (Å²) in [6, 6.07) is 9.45. The van der Waals surface area contributed by atoms with E-state index in [0.29, 0.717) is 12.6 Å². The maximum atomic E-state index is 5.79. The third kappa shape index (κ3) is 3.05. The third-order valence-electron chi connectivity index (χ3n) is 4.72. The van der Waals surface area contributed by atoms with Crippen molar-refractivity contribution in [3.8, 4) is 0 Å². The first-order valence-corrected chi connectivity index (χ1v) is 8.32. The number of hydrogen-bond acceptors (Lipinski definition) is 3. The molecule has 0 bridgehead atoms. The van der Waals surface area contributed by atoms with Crippen molar-refractivity contribution in [1.29, 1.82) is 0 Å². The highest BCUT2D eigenvalue weighted by Crippen LogP contribution is 2.26. The van der Waals surface area contributed by atoms with Gasteiger partial charge in [-0.3, -0.25) is 4.90 Å². The van der Waals surface area contributed by atoms with E-state index in [1.54, 1.807) is 0 Å². The normalized spacial score (nSPS) is 17.7. The van der Waals surface area contributed by atoms with E-state index >= 15 is 0 Å². The molecule has 4 heteroatoms. The molecule has 1 fully saturated rings. The van der Waals surface area contributed by atoms with Gasteiger partial charge in [0.05, 0.1) is 0 Å². The minimum Gasteiger partial charge on any atom is -0.341 e. The van der Waals surface area contributed by atoms with Gasteiger partial charge < -0.3 is 15.2 Å². The second-order valence-electron chi connectivity index (χ2n) is 6.78. The Morgan fingerprint density at radius 1 is 1.09 bits per heavy atom. The Morgan fingerprint density at radius 2 is 1.82 bits per heavy atom. The van der Waals surface area contributed by atoms with Crippen LogP contribution in [0.25, 0.3) is 10.9 Å². The van der Waals surface area contributed by atoms with Crippen LogP contribution in [-0.2, 0) is 13.1 Å². The van der Waals surface area contributed by atoms with Gasteiger partial charge in [0.15, 0.2) is 0 Å². The summed E-state index contributed by atoms with van der Waals surface area (Å²) in [6.45, 7) is 10.8. The quantitative estimate of drug-likeness (QED) is 0.942. The van der Waals surface area contributed by atoms with Gasteiger partial charge >= 0.3 is 0 Å². The van der Waals surface area contributed by atoms with Gasteiger partial charge in [-0.05, 0) is 44.7 Å². The second-order valence-corrected chi connectivity index (χ2v) is 6.78. The first-order chi connectivity index (χ1) is 10.6.